The Balaban J connectivity index is 1.42. The molecule has 1 aromatic carbocycles. The Morgan fingerprint density at radius 2 is 1.67 bits per heavy atom. The Morgan fingerprint density at radius 3 is 2.30 bits per heavy atom. The van der Waals surface area contributed by atoms with Gasteiger partial charge in [0.1, 0.15) is 5.82 Å². The molecule has 0 aliphatic carbocycles. The van der Waals surface area contributed by atoms with Crippen molar-refractivity contribution < 1.29 is 9.47 Å². The largest absolute Gasteiger partial charge is 0.347 e. The van der Waals surface area contributed by atoms with Gasteiger partial charge in [-0.3, -0.25) is 0 Å². The molecule has 144 valence electrons. The van der Waals surface area contributed by atoms with E-state index >= 15 is 0 Å². The summed E-state index contributed by atoms with van der Waals surface area (Å²) in [6, 6.07) is 10.4. The number of benzene rings is 1. The fraction of sp³-hybridized carbons (Fsp3) is 0.524. The maximum atomic E-state index is 5.80. The summed E-state index contributed by atoms with van der Waals surface area (Å²) in [5, 5.41) is 3.38. The van der Waals surface area contributed by atoms with Crippen molar-refractivity contribution in [2.24, 2.45) is 0 Å². The van der Waals surface area contributed by atoms with E-state index in [1.807, 2.05) is 6.07 Å². The average molecular weight is 368 g/mol. The first kappa shape index (κ1) is 18.2. The summed E-state index contributed by atoms with van der Waals surface area (Å²) < 4.78 is 11.6. The topological polar surface area (TPSA) is 59.5 Å². The quantitative estimate of drug-likeness (QED) is 0.888. The molecule has 0 saturated carbocycles. The van der Waals surface area contributed by atoms with Gasteiger partial charge in [0.15, 0.2) is 5.79 Å². The van der Waals surface area contributed by atoms with E-state index in [0.29, 0.717) is 13.2 Å². The van der Waals surface area contributed by atoms with Crippen LogP contribution in [0, 0.1) is 0 Å². The van der Waals surface area contributed by atoms with Crippen LogP contribution in [0.2, 0.25) is 0 Å². The third-order valence-corrected chi connectivity index (χ3v) is 5.29. The zero-order chi connectivity index (χ0) is 18.9. The van der Waals surface area contributed by atoms with E-state index in [4.69, 9.17) is 14.5 Å². The van der Waals surface area contributed by atoms with Crippen molar-refractivity contribution in [3.8, 4) is 0 Å². The lowest BCUT2D eigenvalue weighted by Crippen LogP contribution is -2.45. The second-order valence-electron chi connectivity index (χ2n) is 8.29. The molecule has 0 unspecified atom stereocenters. The standard InChI is InChI=1S/C21H28N4O2/c1-20(2,3)16-4-6-17(7-5-16)23-18-8-11-22-19(24-18)25-12-9-21(10-13-25)26-14-15-27-21/h4-8,11H,9-10,12-15H2,1-3H3,(H,22,23,24). The van der Waals surface area contributed by atoms with E-state index in [-0.39, 0.29) is 11.2 Å². The first-order valence-corrected chi connectivity index (χ1v) is 9.67. The van der Waals surface area contributed by atoms with Crippen LogP contribution >= 0.6 is 0 Å². The highest BCUT2D eigenvalue weighted by Crippen LogP contribution is 2.32. The maximum absolute atomic E-state index is 5.80. The van der Waals surface area contributed by atoms with E-state index in [0.717, 1.165) is 43.4 Å². The summed E-state index contributed by atoms with van der Waals surface area (Å²) in [5.41, 5.74) is 2.49. The second kappa shape index (κ2) is 7.09. The number of hydrogen-bond acceptors (Lipinski definition) is 6. The van der Waals surface area contributed by atoms with E-state index in [1.54, 1.807) is 6.20 Å². The minimum atomic E-state index is -0.374. The van der Waals surface area contributed by atoms with Gasteiger partial charge in [0.2, 0.25) is 5.95 Å². The highest BCUT2D eigenvalue weighted by Gasteiger charge is 2.40. The van der Waals surface area contributed by atoms with Gasteiger partial charge in [-0.25, -0.2) is 4.98 Å². The Kier molecular flexibility index (Phi) is 4.78. The van der Waals surface area contributed by atoms with Crippen LogP contribution in [0.25, 0.3) is 0 Å². The molecule has 6 nitrogen and oxygen atoms in total. The molecule has 0 atom stereocenters. The Bertz CT molecular complexity index is 770. The molecule has 1 spiro atoms. The molecule has 2 aliphatic heterocycles. The van der Waals surface area contributed by atoms with Gasteiger partial charge in [-0.15, -0.1) is 0 Å². The van der Waals surface area contributed by atoms with Crippen molar-refractivity contribution >= 4 is 17.5 Å². The van der Waals surface area contributed by atoms with Gasteiger partial charge < -0.3 is 19.7 Å². The smallest absolute Gasteiger partial charge is 0.227 e. The van der Waals surface area contributed by atoms with Crippen LogP contribution in [-0.4, -0.2) is 42.1 Å². The fourth-order valence-electron chi connectivity index (χ4n) is 3.60. The first-order chi connectivity index (χ1) is 12.9. The highest BCUT2D eigenvalue weighted by molar-refractivity contribution is 5.57. The van der Waals surface area contributed by atoms with Crippen LogP contribution in [0.15, 0.2) is 36.5 Å². The Morgan fingerprint density at radius 1 is 1.00 bits per heavy atom. The Labute approximate surface area is 160 Å². The number of aromatic nitrogens is 2. The third kappa shape index (κ3) is 4.06. The SMILES string of the molecule is CC(C)(C)c1ccc(Nc2ccnc(N3CCC4(CC3)OCCO4)n2)cc1. The van der Waals surface area contributed by atoms with Crippen molar-refractivity contribution in [2.75, 3.05) is 36.5 Å². The lowest BCUT2D eigenvalue weighted by atomic mass is 9.87. The van der Waals surface area contributed by atoms with Crippen LogP contribution in [0.3, 0.4) is 0 Å². The molecular weight excluding hydrogens is 340 g/mol. The molecule has 0 radical (unpaired) electrons. The van der Waals surface area contributed by atoms with Crippen LogP contribution in [-0.2, 0) is 14.9 Å². The summed E-state index contributed by atoms with van der Waals surface area (Å²) in [7, 11) is 0. The number of nitrogens with one attached hydrogen (secondary N) is 1. The van der Waals surface area contributed by atoms with Gasteiger partial charge in [-0.2, -0.15) is 4.98 Å². The second-order valence-corrected chi connectivity index (χ2v) is 8.29. The molecule has 6 heteroatoms. The first-order valence-electron chi connectivity index (χ1n) is 9.67. The van der Waals surface area contributed by atoms with Crippen LogP contribution in [0.1, 0.15) is 39.2 Å². The summed E-state index contributed by atoms with van der Waals surface area (Å²) in [5.74, 6) is 1.18. The van der Waals surface area contributed by atoms with Crippen LogP contribution in [0.4, 0.5) is 17.5 Å². The summed E-state index contributed by atoms with van der Waals surface area (Å²) in [4.78, 5) is 11.4. The minimum absolute atomic E-state index is 0.152. The van der Waals surface area contributed by atoms with Gasteiger partial charge in [0, 0.05) is 37.8 Å². The number of piperidine rings is 1. The summed E-state index contributed by atoms with van der Waals surface area (Å²) >= 11 is 0. The average Bonchev–Trinajstić information content (AvgIpc) is 3.10. The number of ether oxygens (including phenoxy) is 2. The molecule has 3 heterocycles. The van der Waals surface area contributed by atoms with Gasteiger partial charge in [0.05, 0.1) is 13.2 Å². The van der Waals surface area contributed by atoms with Crippen LogP contribution in [0.5, 0.6) is 0 Å². The Hall–Kier alpha value is -2.18. The molecule has 27 heavy (non-hydrogen) atoms. The molecule has 0 amide bonds. The zero-order valence-corrected chi connectivity index (χ0v) is 16.4. The lowest BCUT2D eigenvalue weighted by Gasteiger charge is -2.37. The van der Waals surface area contributed by atoms with Crippen molar-refractivity contribution in [2.45, 2.75) is 44.8 Å². The van der Waals surface area contributed by atoms with Crippen molar-refractivity contribution in [1.29, 1.82) is 0 Å². The van der Waals surface area contributed by atoms with Gasteiger partial charge in [-0.05, 0) is 29.2 Å². The van der Waals surface area contributed by atoms with E-state index in [9.17, 15) is 0 Å². The molecule has 1 N–H and O–H groups in total. The summed E-state index contributed by atoms with van der Waals surface area (Å²) in [6.45, 7) is 9.73. The highest BCUT2D eigenvalue weighted by atomic mass is 16.7. The normalized spacial score (nSPS) is 19.4. The van der Waals surface area contributed by atoms with Crippen LogP contribution < -0.4 is 10.2 Å². The third-order valence-electron chi connectivity index (χ3n) is 5.29. The number of nitrogens with zero attached hydrogens (tertiary/aromatic N) is 3. The van der Waals surface area contributed by atoms with Gasteiger partial charge >= 0.3 is 0 Å². The molecule has 2 fully saturated rings. The van der Waals surface area contributed by atoms with Crippen molar-refractivity contribution in [1.82, 2.24) is 9.97 Å². The molecule has 4 rings (SSSR count). The van der Waals surface area contributed by atoms with E-state index < -0.39 is 0 Å². The molecular formula is C21H28N4O2. The van der Waals surface area contributed by atoms with Gasteiger partial charge in [-0.1, -0.05) is 32.9 Å². The minimum Gasteiger partial charge on any atom is -0.347 e. The van der Waals surface area contributed by atoms with E-state index in [1.165, 1.54) is 5.56 Å². The monoisotopic (exact) mass is 368 g/mol. The molecule has 0 bridgehead atoms. The maximum Gasteiger partial charge on any atom is 0.227 e. The molecule has 2 aromatic rings. The fourth-order valence-corrected chi connectivity index (χ4v) is 3.60. The number of hydrogen-bond donors (Lipinski definition) is 1. The van der Waals surface area contributed by atoms with E-state index in [2.05, 4.69) is 60.2 Å². The number of anilines is 3. The summed E-state index contributed by atoms with van der Waals surface area (Å²) in [6.07, 6.45) is 3.51. The predicted molar refractivity (Wildman–Crippen MR) is 107 cm³/mol. The van der Waals surface area contributed by atoms with Crippen molar-refractivity contribution in [3.63, 3.8) is 0 Å². The number of rotatable bonds is 3. The lowest BCUT2D eigenvalue weighted by molar-refractivity contribution is -0.169. The molecule has 1 aromatic heterocycles. The van der Waals surface area contributed by atoms with Crippen molar-refractivity contribution in [3.05, 3.63) is 42.1 Å². The zero-order valence-electron chi connectivity index (χ0n) is 16.4. The molecule has 2 aliphatic rings. The predicted octanol–water partition coefficient (Wildman–Crippen LogP) is 3.86. The molecule has 2 saturated heterocycles. The van der Waals surface area contributed by atoms with Gasteiger partial charge in [0.25, 0.3) is 0 Å².